The summed E-state index contributed by atoms with van der Waals surface area (Å²) in [6.45, 7) is 4.80. The van der Waals surface area contributed by atoms with Crippen LogP contribution in [0.5, 0.6) is 0 Å². The molecule has 7 heteroatoms. The van der Waals surface area contributed by atoms with E-state index < -0.39 is 39.4 Å². The summed E-state index contributed by atoms with van der Waals surface area (Å²) in [5.74, 6) is -1.59. The average Bonchev–Trinajstić information content (AvgIpc) is 2.28. The van der Waals surface area contributed by atoms with Crippen LogP contribution in [0, 0.1) is 0 Å². The minimum atomic E-state index is -3.47. The molecule has 0 aliphatic carbocycles. The zero-order valence-corrected chi connectivity index (χ0v) is 12.1. The molecule has 0 atom stereocenters. The van der Waals surface area contributed by atoms with Gasteiger partial charge in [0.2, 0.25) is 0 Å². The molecule has 0 bridgehead atoms. The number of hydrogen-bond donors (Lipinski definition) is 0. The topological polar surface area (TPSA) is 78.9 Å². The molecule has 0 heterocycles. The molecular formula is C9H15O6Sb. The third-order valence-corrected chi connectivity index (χ3v) is 4.42. The molecular weight excluding hydrogens is 326 g/mol. The summed E-state index contributed by atoms with van der Waals surface area (Å²) in [6, 6.07) is 0. The van der Waals surface area contributed by atoms with E-state index in [0.717, 1.165) is 0 Å². The fourth-order valence-corrected chi connectivity index (χ4v) is 3.35. The van der Waals surface area contributed by atoms with Crippen molar-refractivity contribution in [1.82, 2.24) is 0 Å². The predicted molar refractivity (Wildman–Crippen MR) is 54.9 cm³/mol. The third-order valence-electron chi connectivity index (χ3n) is 1.40. The molecule has 16 heavy (non-hydrogen) atoms. The van der Waals surface area contributed by atoms with Crippen molar-refractivity contribution in [2.75, 3.05) is 0 Å². The van der Waals surface area contributed by atoms with Gasteiger partial charge in [-0.1, -0.05) is 0 Å². The molecule has 0 aliphatic rings. The van der Waals surface area contributed by atoms with Crippen LogP contribution in [0.25, 0.3) is 0 Å². The van der Waals surface area contributed by atoms with Crippen LogP contribution in [0.15, 0.2) is 0 Å². The molecule has 0 saturated heterocycles. The molecule has 0 aromatic carbocycles. The summed E-state index contributed by atoms with van der Waals surface area (Å²) < 4.78 is 14.4. The molecule has 0 fully saturated rings. The van der Waals surface area contributed by atoms with Crippen LogP contribution in [0.3, 0.4) is 0 Å². The van der Waals surface area contributed by atoms with Gasteiger partial charge in [0, 0.05) is 0 Å². The van der Waals surface area contributed by atoms with Crippen molar-refractivity contribution in [3.05, 3.63) is 0 Å². The number of carbonyl (C=O) groups excluding carboxylic acids is 3. The molecule has 0 rings (SSSR count). The van der Waals surface area contributed by atoms with Crippen LogP contribution in [-0.2, 0) is 23.4 Å². The maximum atomic E-state index is 11.0. The Kier molecular flexibility index (Phi) is 7.98. The van der Waals surface area contributed by atoms with Gasteiger partial charge >= 0.3 is 103 Å². The van der Waals surface area contributed by atoms with Crippen molar-refractivity contribution in [2.24, 2.45) is 0 Å². The Morgan fingerprint density at radius 1 is 0.750 bits per heavy atom. The van der Waals surface area contributed by atoms with Crippen LogP contribution in [-0.4, -0.2) is 39.4 Å². The van der Waals surface area contributed by atoms with Crippen molar-refractivity contribution in [2.45, 2.75) is 40.0 Å². The van der Waals surface area contributed by atoms with Gasteiger partial charge in [-0.3, -0.25) is 0 Å². The SMILES string of the molecule is CCC(=O)[O][Sb]([O]C(=O)CC)[O]C(=O)CC. The molecule has 0 aromatic rings. The Morgan fingerprint density at radius 3 is 1.19 bits per heavy atom. The van der Waals surface area contributed by atoms with Gasteiger partial charge in [-0.25, -0.2) is 0 Å². The molecule has 0 amide bonds. The molecule has 0 unspecified atom stereocenters. The van der Waals surface area contributed by atoms with E-state index in [1.165, 1.54) is 0 Å². The summed E-state index contributed by atoms with van der Waals surface area (Å²) in [6.07, 6.45) is 0.441. The molecule has 0 saturated carbocycles. The second-order valence-electron chi connectivity index (χ2n) is 2.67. The van der Waals surface area contributed by atoms with Gasteiger partial charge in [0.05, 0.1) is 0 Å². The van der Waals surface area contributed by atoms with E-state index >= 15 is 0 Å². The zero-order chi connectivity index (χ0) is 12.6. The van der Waals surface area contributed by atoms with E-state index in [0.29, 0.717) is 0 Å². The zero-order valence-electron chi connectivity index (χ0n) is 9.52. The van der Waals surface area contributed by atoms with Gasteiger partial charge < -0.3 is 0 Å². The second kappa shape index (κ2) is 8.39. The summed E-state index contributed by atoms with van der Waals surface area (Å²) in [4.78, 5) is 33.0. The fraction of sp³-hybridized carbons (Fsp3) is 0.667. The fourth-order valence-electron chi connectivity index (χ4n) is 0.499. The quantitative estimate of drug-likeness (QED) is 0.666. The van der Waals surface area contributed by atoms with Crippen molar-refractivity contribution < 1.29 is 23.4 Å². The Bertz CT molecular complexity index is 222. The summed E-state index contributed by atoms with van der Waals surface area (Å²) in [5.41, 5.74) is 0. The van der Waals surface area contributed by atoms with E-state index in [-0.39, 0.29) is 19.3 Å². The Balaban J connectivity index is 4.31. The minimum absolute atomic E-state index is 0.147. The molecule has 0 aromatic heterocycles. The van der Waals surface area contributed by atoms with Crippen LogP contribution in [0.2, 0.25) is 0 Å². The van der Waals surface area contributed by atoms with Crippen LogP contribution in [0.4, 0.5) is 0 Å². The van der Waals surface area contributed by atoms with Gasteiger partial charge in [-0.2, -0.15) is 0 Å². The first-order chi connectivity index (χ1) is 7.53. The normalized spacial score (nSPS) is 9.75. The van der Waals surface area contributed by atoms with Crippen LogP contribution in [0.1, 0.15) is 40.0 Å². The van der Waals surface area contributed by atoms with E-state index in [9.17, 15) is 14.4 Å². The standard InChI is InChI=1S/3C3H6O2.Sb/c3*1-2-3(4)5;/h3*2H2,1H3,(H,4,5);/q;;;+3/p-3. The van der Waals surface area contributed by atoms with Crippen molar-refractivity contribution in [1.29, 1.82) is 0 Å². The second-order valence-corrected chi connectivity index (χ2v) is 5.51. The van der Waals surface area contributed by atoms with Crippen molar-refractivity contribution in [3.8, 4) is 0 Å². The van der Waals surface area contributed by atoms with Gasteiger partial charge in [-0.05, 0) is 0 Å². The average molecular weight is 341 g/mol. The van der Waals surface area contributed by atoms with Crippen molar-refractivity contribution in [3.63, 3.8) is 0 Å². The summed E-state index contributed by atoms with van der Waals surface area (Å²) in [5, 5.41) is 0. The molecule has 0 aliphatic heterocycles. The Morgan fingerprint density at radius 2 is 1.00 bits per heavy atom. The molecule has 92 valence electrons. The first-order valence-electron chi connectivity index (χ1n) is 4.95. The van der Waals surface area contributed by atoms with E-state index in [2.05, 4.69) is 0 Å². The van der Waals surface area contributed by atoms with Gasteiger partial charge in [0.1, 0.15) is 0 Å². The number of carbonyl (C=O) groups is 3. The third kappa shape index (κ3) is 6.66. The molecule has 0 radical (unpaired) electrons. The predicted octanol–water partition coefficient (Wildman–Crippen LogP) is 0.831. The van der Waals surface area contributed by atoms with Crippen molar-refractivity contribution >= 4 is 39.4 Å². The Hall–Kier alpha value is -0.772. The summed E-state index contributed by atoms with van der Waals surface area (Å²) in [7, 11) is 0. The van der Waals surface area contributed by atoms with Crippen LogP contribution >= 0.6 is 0 Å². The van der Waals surface area contributed by atoms with Gasteiger partial charge in [-0.15, -0.1) is 0 Å². The maximum absolute atomic E-state index is 11.0. The van der Waals surface area contributed by atoms with Gasteiger partial charge in [0.25, 0.3) is 0 Å². The van der Waals surface area contributed by atoms with Crippen LogP contribution < -0.4 is 0 Å². The molecule has 0 spiro atoms. The summed E-state index contributed by atoms with van der Waals surface area (Å²) >= 11 is -3.47. The number of rotatable bonds is 6. The Labute approximate surface area is 103 Å². The monoisotopic (exact) mass is 340 g/mol. The molecule has 0 N–H and O–H groups in total. The number of hydrogen-bond acceptors (Lipinski definition) is 6. The molecule has 6 nitrogen and oxygen atoms in total. The van der Waals surface area contributed by atoms with E-state index in [1.54, 1.807) is 20.8 Å². The van der Waals surface area contributed by atoms with Gasteiger partial charge in [0.15, 0.2) is 0 Å². The van der Waals surface area contributed by atoms with E-state index in [4.69, 9.17) is 9.05 Å². The first-order valence-corrected chi connectivity index (χ1v) is 8.08. The van der Waals surface area contributed by atoms with E-state index in [1.807, 2.05) is 0 Å². The first kappa shape index (κ1) is 15.2.